The molecule has 30 heavy (non-hydrogen) atoms. The molecule has 5 rings (SSSR count). The van der Waals surface area contributed by atoms with Crippen molar-refractivity contribution in [2.75, 3.05) is 31.2 Å². The molecule has 4 heteroatoms. The van der Waals surface area contributed by atoms with Crippen molar-refractivity contribution >= 4 is 11.5 Å². The summed E-state index contributed by atoms with van der Waals surface area (Å²) in [5, 5.41) is 4.84. The number of fused-ring (bicyclic) bond motifs is 1. The van der Waals surface area contributed by atoms with E-state index in [1.54, 1.807) is 0 Å². The number of rotatable bonds is 4. The fourth-order valence-corrected chi connectivity index (χ4v) is 5.63. The summed E-state index contributed by atoms with van der Waals surface area (Å²) < 4.78 is 0. The summed E-state index contributed by atoms with van der Waals surface area (Å²) in [5.41, 5.74) is 3.43. The van der Waals surface area contributed by atoms with Crippen LogP contribution < -0.4 is 5.01 Å². The average molecular weight is 404 g/mol. The minimum atomic E-state index is -0.103. The normalized spacial score (nSPS) is 23.9. The lowest BCUT2D eigenvalue weighted by Gasteiger charge is -2.49. The van der Waals surface area contributed by atoms with Crippen LogP contribution in [0.2, 0.25) is 0 Å². The van der Waals surface area contributed by atoms with Crippen molar-refractivity contribution in [2.45, 2.75) is 57.0 Å². The van der Waals surface area contributed by atoms with Gasteiger partial charge in [-0.2, -0.15) is 0 Å². The SMILES string of the molecule is O=C(c1ccccc1)C1CCc2ccccc2N1N1CCC(N2CCCCC2)CC1. The molecule has 0 bridgehead atoms. The Hall–Kier alpha value is -2.17. The number of hydrazine groups is 1. The van der Waals surface area contributed by atoms with Gasteiger partial charge < -0.3 is 4.90 Å². The van der Waals surface area contributed by atoms with Gasteiger partial charge in [-0.3, -0.25) is 9.80 Å². The molecular weight excluding hydrogens is 370 g/mol. The summed E-state index contributed by atoms with van der Waals surface area (Å²) in [7, 11) is 0. The number of ketones is 1. The van der Waals surface area contributed by atoms with Gasteiger partial charge in [0.05, 0.1) is 5.69 Å². The minimum absolute atomic E-state index is 0.103. The highest BCUT2D eigenvalue weighted by Crippen LogP contribution is 2.35. The Kier molecular flexibility index (Phi) is 5.87. The first-order chi connectivity index (χ1) is 14.8. The quantitative estimate of drug-likeness (QED) is 0.700. The zero-order valence-electron chi connectivity index (χ0n) is 17.9. The van der Waals surface area contributed by atoms with Crippen molar-refractivity contribution in [2.24, 2.45) is 0 Å². The fourth-order valence-electron chi connectivity index (χ4n) is 5.63. The monoisotopic (exact) mass is 403 g/mol. The second kappa shape index (κ2) is 8.91. The van der Waals surface area contributed by atoms with Crippen molar-refractivity contribution in [1.82, 2.24) is 9.91 Å². The molecule has 2 aromatic rings. The van der Waals surface area contributed by atoms with Gasteiger partial charge in [0.15, 0.2) is 5.78 Å². The van der Waals surface area contributed by atoms with Crippen molar-refractivity contribution in [3.8, 4) is 0 Å². The highest BCUT2D eigenvalue weighted by Gasteiger charge is 2.37. The van der Waals surface area contributed by atoms with Crippen molar-refractivity contribution in [3.05, 3.63) is 65.7 Å². The van der Waals surface area contributed by atoms with E-state index >= 15 is 0 Å². The smallest absolute Gasteiger partial charge is 0.186 e. The van der Waals surface area contributed by atoms with Gasteiger partial charge in [-0.05, 0) is 63.2 Å². The Bertz CT molecular complexity index is 854. The van der Waals surface area contributed by atoms with E-state index in [4.69, 9.17) is 0 Å². The molecule has 3 aliphatic rings. The summed E-state index contributed by atoms with van der Waals surface area (Å²) in [4.78, 5) is 16.2. The molecule has 158 valence electrons. The number of carbonyl (C=O) groups is 1. The number of carbonyl (C=O) groups excluding carboxylic acids is 1. The maximum atomic E-state index is 13.5. The largest absolute Gasteiger partial charge is 0.300 e. The second-order valence-corrected chi connectivity index (χ2v) is 9.04. The van der Waals surface area contributed by atoms with Crippen LogP contribution in [0, 0.1) is 0 Å². The lowest BCUT2D eigenvalue weighted by atomic mass is 9.91. The van der Waals surface area contributed by atoms with E-state index in [0.717, 1.165) is 31.5 Å². The Morgan fingerprint density at radius 3 is 2.23 bits per heavy atom. The number of benzene rings is 2. The van der Waals surface area contributed by atoms with E-state index in [1.165, 1.54) is 56.4 Å². The average Bonchev–Trinajstić information content (AvgIpc) is 2.84. The van der Waals surface area contributed by atoms with E-state index in [9.17, 15) is 4.79 Å². The first-order valence-corrected chi connectivity index (χ1v) is 11.8. The number of nitrogens with zero attached hydrogens (tertiary/aromatic N) is 3. The van der Waals surface area contributed by atoms with Crippen LogP contribution in [-0.4, -0.2) is 54.0 Å². The molecule has 0 aromatic heterocycles. The number of para-hydroxylation sites is 1. The minimum Gasteiger partial charge on any atom is -0.300 e. The van der Waals surface area contributed by atoms with Crippen molar-refractivity contribution < 1.29 is 4.79 Å². The van der Waals surface area contributed by atoms with Crippen LogP contribution in [0.15, 0.2) is 54.6 Å². The molecule has 2 aromatic carbocycles. The number of hydrogen-bond acceptors (Lipinski definition) is 4. The number of hydrogen-bond donors (Lipinski definition) is 0. The molecule has 2 saturated heterocycles. The highest BCUT2D eigenvalue weighted by atomic mass is 16.1. The first-order valence-electron chi connectivity index (χ1n) is 11.8. The number of Topliss-reactive ketones (excluding diaryl/α,β-unsaturated/α-hetero) is 1. The van der Waals surface area contributed by atoms with Crippen molar-refractivity contribution in [1.29, 1.82) is 0 Å². The third kappa shape index (κ3) is 3.91. The number of anilines is 1. The molecule has 0 saturated carbocycles. The molecule has 0 aliphatic carbocycles. The lowest BCUT2D eigenvalue weighted by molar-refractivity contribution is 0.0721. The Morgan fingerprint density at radius 2 is 1.47 bits per heavy atom. The molecule has 1 atom stereocenters. The van der Waals surface area contributed by atoms with Crippen LogP contribution in [0.4, 0.5) is 5.69 Å². The molecule has 3 aliphatic heterocycles. The van der Waals surface area contributed by atoms with Crippen LogP contribution in [0.25, 0.3) is 0 Å². The molecule has 2 fully saturated rings. The fraction of sp³-hybridized carbons (Fsp3) is 0.500. The summed E-state index contributed by atoms with van der Waals surface area (Å²) in [5.74, 6) is 0.253. The molecule has 0 radical (unpaired) electrons. The summed E-state index contributed by atoms with van der Waals surface area (Å²) in [6.07, 6.45) is 8.36. The molecular formula is C26H33N3O. The molecule has 0 amide bonds. The van der Waals surface area contributed by atoms with Crippen LogP contribution in [0.1, 0.15) is 54.4 Å². The van der Waals surface area contributed by atoms with Crippen LogP contribution in [0.5, 0.6) is 0 Å². The standard InChI is InChI=1S/C26H33N3O/c30-26(22-10-3-1-4-11-22)25-14-13-21-9-5-6-12-24(21)29(25)28-19-15-23(16-20-28)27-17-7-2-8-18-27/h1,3-6,9-12,23,25H,2,7-8,13-20H2. The molecule has 0 spiro atoms. The van der Waals surface area contributed by atoms with Gasteiger partial charge in [0, 0.05) is 24.7 Å². The number of aryl methyl sites for hydroxylation is 1. The summed E-state index contributed by atoms with van der Waals surface area (Å²) >= 11 is 0. The third-order valence-corrected chi connectivity index (χ3v) is 7.23. The predicted octanol–water partition coefficient (Wildman–Crippen LogP) is 4.56. The first kappa shape index (κ1) is 19.8. The Labute approximate surface area is 180 Å². The second-order valence-electron chi connectivity index (χ2n) is 9.04. The maximum absolute atomic E-state index is 13.5. The summed E-state index contributed by atoms with van der Waals surface area (Å²) in [6.45, 7) is 4.61. The Balaban J connectivity index is 1.38. The third-order valence-electron chi connectivity index (χ3n) is 7.23. The van der Waals surface area contributed by atoms with Gasteiger partial charge in [0.2, 0.25) is 0 Å². The van der Waals surface area contributed by atoms with E-state index in [1.807, 2.05) is 30.3 Å². The van der Waals surface area contributed by atoms with Crippen LogP contribution in [-0.2, 0) is 6.42 Å². The number of likely N-dealkylation sites (tertiary alicyclic amines) is 1. The molecule has 1 unspecified atom stereocenters. The van der Waals surface area contributed by atoms with Gasteiger partial charge >= 0.3 is 0 Å². The highest BCUT2D eigenvalue weighted by molar-refractivity contribution is 6.02. The van der Waals surface area contributed by atoms with Gasteiger partial charge in [-0.25, -0.2) is 5.01 Å². The van der Waals surface area contributed by atoms with Gasteiger partial charge in [-0.15, -0.1) is 0 Å². The van der Waals surface area contributed by atoms with E-state index in [-0.39, 0.29) is 11.8 Å². The van der Waals surface area contributed by atoms with Gasteiger partial charge in [0.1, 0.15) is 6.04 Å². The van der Waals surface area contributed by atoms with E-state index < -0.39 is 0 Å². The molecule has 0 N–H and O–H groups in total. The lowest BCUT2D eigenvalue weighted by Crippen LogP contribution is -2.58. The molecule has 3 heterocycles. The maximum Gasteiger partial charge on any atom is 0.186 e. The zero-order chi connectivity index (χ0) is 20.3. The topological polar surface area (TPSA) is 26.8 Å². The number of piperidine rings is 2. The zero-order valence-corrected chi connectivity index (χ0v) is 17.9. The van der Waals surface area contributed by atoms with Gasteiger partial charge in [-0.1, -0.05) is 55.0 Å². The van der Waals surface area contributed by atoms with Gasteiger partial charge in [0.25, 0.3) is 0 Å². The van der Waals surface area contributed by atoms with Crippen LogP contribution >= 0.6 is 0 Å². The molecule has 4 nitrogen and oxygen atoms in total. The Morgan fingerprint density at radius 1 is 0.767 bits per heavy atom. The van der Waals surface area contributed by atoms with E-state index in [0.29, 0.717) is 6.04 Å². The van der Waals surface area contributed by atoms with Crippen LogP contribution in [0.3, 0.4) is 0 Å². The van der Waals surface area contributed by atoms with E-state index in [2.05, 4.69) is 39.2 Å². The predicted molar refractivity (Wildman–Crippen MR) is 122 cm³/mol. The summed E-state index contributed by atoms with van der Waals surface area (Å²) in [6, 6.07) is 19.1. The van der Waals surface area contributed by atoms with Crippen molar-refractivity contribution in [3.63, 3.8) is 0 Å².